The highest BCUT2D eigenvalue weighted by Gasteiger charge is 2.40. The number of ether oxygens (including phenoxy) is 1. The molecule has 1 N–H and O–H groups in total. The van der Waals surface area contributed by atoms with Gasteiger partial charge in [-0.3, -0.25) is 0 Å². The van der Waals surface area contributed by atoms with Crippen molar-refractivity contribution in [3.05, 3.63) is 36.4 Å². The summed E-state index contributed by atoms with van der Waals surface area (Å²) < 4.78 is 28.3. The van der Waals surface area contributed by atoms with Gasteiger partial charge < -0.3 is 10.1 Å². The molecule has 0 bridgehead atoms. The zero-order valence-electron chi connectivity index (χ0n) is 9.85. The Labute approximate surface area is 105 Å². The average Bonchev–Trinajstić information content (AvgIpc) is 2.69. The Balaban J connectivity index is 1.58. The molecule has 0 spiro atoms. The molecule has 0 aromatic heterocycles. The van der Waals surface area contributed by atoms with Crippen LogP contribution in [0.5, 0.6) is 5.75 Å². The summed E-state index contributed by atoms with van der Waals surface area (Å²) in [5.41, 5.74) is 0.959. The van der Waals surface area contributed by atoms with E-state index in [0.29, 0.717) is 12.0 Å². The number of benzene rings is 1. The Morgan fingerprint density at radius 3 is 2.67 bits per heavy atom. The first kappa shape index (κ1) is 11.5. The predicted molar refractivity (Wildman–Crippen MR) is 65.8 cm³/mol. The van der Waals surface area contributed by atoms with Gasteiger partial charge in [0, 0.05) is 17.6 Å². The highest BCUT2D eigenvalue weighted by Crippen LogP contribution is 2.44. The molecule has 2 nitrogen and oxygen atoms in total. The summed E-state index contributed by atoms with van der Waals surface area (Å²) in [4.78, 5) is 0. The fraction of sp³-hybridized carbons (Fsp3) is 0.429. The molecule has 96 valence electrons. The SMILES string of the molecule is FC(F)Oc1ccc(NC2CC3CC=CC32)cc1. The molecule has 0 saturated heterocycles. The lowest BCUT2D eigenvalue weighted by atomic mass is 9.71. The van der Waals surface area contributed by atoms with E-state index < -0.39 is 6.61 Å². The predicted octanol–water partition coefficient (Wildman–Crippen LogP) is 3.66. The van der Waals surface area contributed by atoms with Crippen molar-refractivity contribution in [2.75, 3.05) is 5.32 Å². The van der Waals surface area contributed by atoms with E-state index in [0.717, 1.165) is 11.6 Å². The molecule has 3 unspecified atom stereocenters. The maximum absolute atomic E-state index is 12.0. The summed E-state index contributed by atoms with van der Waals surface area (Å²) in [6.07, 6.45) is 6.91. The molecule has 2 aliphatic carbocycles. The van der Waals surface area contributed by atoms with Crippen LogP contribution in [0.1, 0.15) is 12.8 Å². The summed E-state index contributed by atoms with van der Waals surface area (Å²) in [7, 11) is 0. The standard InChI is InChI=1S/C14H15F2NO/c15-14(16)18-11-6-4-10(5-7-11)17-13-8-9-2-1-3-12(9)13/h1,3-7,9,12-14,17H,2,8H2. The van der Waals surface area contributed by atoms with Crippen molar-refractivity contribution in [1.29, 1.82) is 0 Å². The van der Waals surface area contributed by atoms with Crippen LogP contribution in [0.2, 0.25) is 0 Å². The maximum atomic E-state index is 12.0. The second-order valence-electron chi connectivity index (χ2n) is 4.89. The van der Waals surface area contributed by atoms with Crippen molar-refractivity contribution >= 4 is 5.69 Å². The van der Waals surface area contributed by atoms with E-state index in [1.807, 2.05) is 0 Å². The van der Waals surface area contributed by atoms with Gasteiger partial charge >= 0.3 is 6.61 Å². The first-order chi connectivity index (χ1) is 8.72. The molecular formula is C14H15F2NO. The fourth-order valence-corrected chi connectivity index (χ4v) is 2.83. The van der Waals surface area contributed by atoms with Gasteiger partial charge in [-0.1, -0.05) is 12.2 Å². The van der Waals surface area contributed by atoms with E-state index in [9.17, 15) is 8.78 Å². The molecule has 0 amide bonds. The lowest BCUT2D eigenvalue weighted by Gasteiger charge is -2.41. The highest BCUT2D eigenvalue weighted by atomic mass is 19.3. The van der Waals surface area contributed by atoms with Crippen LogP contribution in [0, 0.1) is 11.8 Å². The summed E-state index contributed by atoms with van der Waals surface area (Å²) in [5.74, 6) is 1.65. The van der Waals surface area contributed by atoms with Gasteiger partial charge in [-0.15, -0.1) is 0 Å². The second-order valence-corrected chi connectivity index (χ2v) is 4.89. The average molecular weight is 251 g/mol. The third kappa shape index (κ3) is 2.19. The zero-order chi connectivity index (χ0) is 12.5. The number of allylic oxidation sites excluding steroid dienone is 1. The Hall–Kier alpha value is -1.58. The van der Waals surface area contributed by atoms with Crippen molar-refractivity contribution in [2.45, 2.75) is 25.5 Å². The smallest absolute Gasteiger partial charge is 0.387 e. The Morgan fingerprint density at radius 2 is 2.00 bits per heavy atom. The lowest BCUT2D eigenvalue weighted by Crippen LogP contribution is -2.43. The molecule has 0 radical (unpaired) electrons. The largest absolute Gasteiger partial charge is 0.435 e. The van der Waals surface area contributed by atoms with Gasteiger partial charge in [-0.2, -0.15) is 8.78 Å². The van der Waals surface area contributed by atoms with Crippen molar-refractivity contribution < 1.29 is 13.5 Å². The van der Waals surface area contributed by atoms with Gasteiger partial charge in [0.15, 0.2) is 0 Å². The normalized spacial score (nSPS) is 28.9. The van der Waals surface area contributed by atoms with Crippen LogP contribution in [0.15, 0.2) is 36.4 Å². The highest BCUT2D eigenvalue weighted by molar-refractivity contribution is 5.48. The number of alkyl halides is 2. The van der Waals surface area contributed by atoms with Gasteiger partial charge in [0.25, 0.3) is 0 Å². The number of anilines is 1. The molecule has 2 aliphatic rings. The molecule has 1 aromatic rings. The van der Waals surface area contributed by atoms with Crippen LogP contribution >= 0.6 is 0 Å². The summed E-state index contributed by atoms with van der Waals surface area (Å²) in [6, 6.07) is 7.17. The maximum Gasteiger partial charge on any atom is 0.387 e. The van der Waals surface area contributed by atoms with Gasteiger partial charge in [-0.25, -0.2) is 0 Å². The van der Waals surface area contributed by atoms with Crippen LogP contribution in [0.25, 0.3) is 0 Å². The van der Waals surface area contributed by atoms with Crippen LogP contribution < -0.4 is 10.1 Å². The van der Waals surface area contributed by atoms with E-state index in [1.54, 1.807) is 24.3 Å². The number of halogens is 2. The monoisotopic (exact) mass is 251 g/mol. The van der Waals surface area contributed by atoms with Gasteiger partial charge in [-0.05, 0) is 43.0 Å². The van der Waals surface area contributed by atoms with Crippen LogP contribution in [-0.2, 0) is 0 Å². The third-order valence-corrected chi connectivity index (χ3v) is 3.79. The van der Waals surface area contributed by atoms with E-state index in [-0.39, 0.29) is 5.75 Å². The van der Waals surface area contributed by atoms with Crippen LogP contribution in [-0.4, -0.2) is 12.7 Å². The summed E-state index contributed by atoms with van der Waals surface area (Å²) in [5, 5.41) is 3.44. The number of rotatable bonds is 4. The molecule has 1 saturated carbocycles. The zero-order valence-corrected chi connectivity index (χ0v) is 9.85. The molecule has 3 atom stereocenters. The number of hydrogen-bond acceptors (Lipinski definition) is 2. The minimum atomic E-state index is -2.76. The Morgan fingerprint density at radius 1 is 1.22 bits per heavy atom. The Bertz CT molecular complexity index is 444. The molecule has 0 aliphatic heterocycles. The van der Waals surface area contributed by atoms with Gasteiger partial charge in [0.05, 0.1) is 0 Å². The van der Waals surface area contributed by atoms with Crippen molar-refractivity contribution in [3.63, 3.8) is 0 Å². The molecule has 1 aromatic carbocycles. The summed E-state index contributed by atoms with van der Waals surface area (Å²) in [6.45, 7) is -2.76. The minimum absolute atomic E-state index is 0.197. The number of nitrogens with one attached hydrogen (secondary N) is 1. The molecule has 3 rings (SSSR count). The molecule has 18 heavy (non-hydrogen) atoms. The molecule has 0 heterocycles. The first-order valence-electron chi connectivity index (χ1n) is 6.20. The van der Waals surface area contributed by atoms with Crippen molar-refractivity contribution in [1.82, 2.24) is 0 Å². The second kappa shape index (κ2) is 4.59. The van der Waals surface area contributed by atoms with E-state index in [1.165, 1.54) is 12.8 Å². The molecule has 4 heteroatoms. The third-order valence-electron chi connectivity index (χ3n) is 3.79. The minimum Gasteiger partial charge on any atom is -0.435 e. The molecule has 1 fully saturated rings. The summed E-state index contributed by atoms with van der Waals surface area (Å²) >= 11 is 0. The van der Waals surface area contributed by atoms with Crippen LogP contribution in [0.3, 0.4) is 0 Å². The Kier molecular flexibility index (Phi) is 2.94. The number of hydrogen-bond donors (Lipinski definition) is 1. The fourth-order valence-electron chi connectivity index (χ4n) is 2.83. The van der Waals surface area contributed by atoms with E-state index in [2.05, 4.69) is 22.2 Å². The van der Waals surface area contributed by atoms with Gasteiger partial charge in [0.2, 0.25) is 0 Å². The van der Waals surface area contributed by atoms with E-state index >= 15 is 0 Å². The van der Waals surface area contributed by atoms with E-state index in [4.69, 9.17) is 0 Å². The van der Waals surface area contributed by atoms with Crippen molar-refractivity contribution in [3.8, 4) is 5.75 Å². The number of fused-ring (bicyclic) bond motifs is 1. The molecular weight excluding hydrogens is 236 g/mol. The van der Waals surface area contributed by atoms with Gasteiger partial charge in [0.1, 0.15) is 5.75 Å². The lowest BCUT2D eigenvalue weighted by molar-refractivity contribution is -0.0498. The first-order valence-corrected chi connectivity index (χ1v) is 6.20. The van der Waals surface area contributed by atoms with Crippen molar-refractivity contribution in [2.24, 2.45) is 11.8 Å². The topological polar surface area (TPSA) is 21.3 Å². The van der Waals surface area contributed by atoms with Crippen LogP contribution in [0.4, 0.5) is 14.5 Å². The quantitative estimate of drug-likeness (QED) is 0.824.